The number of nitrogens with zero attached hydrogens (tertiary/aromatic N) is 5. The molecule has 1 atom stereocenters. The molecule has 0 spiro atoms. The molecule has 0 aliphatic carbocycles. The Labute approximate surface area is 178 Å². The minimum atomic E-state index is -0.356. The van der Waals surface area contributed by atoms with Gasteiger partial charge in [0.15, 0.2) is 11.5 Å². The summed E-state index contributed by atoms with van der Waals surface area (Å²) in [6, 6.07) is 19.2. The summed E-state index contributed by atoms with van der Waals surface area (Å²) in [6.07, 6.45) is 1.81. The Morgan fingerprint density at radius 2 is 1.81 bits per heavy atom. The molecular formula is C23H21FN6O. The topological polar surface area (TPSA) is 75.4 Å². The Balaban J connectivity index is 1.35. The maximum atomic E-state index is 13.1. The Morgan fingerprint density at radius 1 is 1.00 bits per heavy atom. The molecule has 1 amide bonds. The number of nitrogens with one attached hydrogen (secondary N) is 1. The molecule has 0 radical (unpaired) electrons. The van der Waals surface area contributed by atoms with Gasteiger partial charge < -0.3 is 10.2 Å². The average molecular weight is 416 g/mol. The first-order valence-electron chi connectivity index (χ1n) is 10.3. The quantitative estimate of drug-likeness (QED) is 0.552. The molecule has 0 bridgehead atoms. The molecule has 3 heterocycles. The van der Waals surface area contributed by atoms with E-state index in [1.54, 1.807) is 4.52 Å². The number of hydrogen-bond acceptors (Lipinski definition) is 5. The zero-order valence-corrected chi connectivity index (χ0v) is 16.8. The van der Waals surface area contributed by atoms with E-state index in [1.165, 1.54) is 24.3 Å². The van der Waals surface area contributed by atoms with Gasteiger partial charge in [0.25, 0.3) is 5.91 Å². The molecular weight excluding hydrogens is 395 g/mol. The van der Waals surface area contributed by atoms with Gasteiger partial charge in [-0.25, -0.2) is 4.39 Å². The van der Waals surface area contributed by atoms with E-state index in [2.05, 4.69) is 20.4 Å². The molecule has 7 nitrogen and oxygen atoms in total. The van der Waals surface area contributed by atoms with Crippen LogP contribution < -0.4 is 10.2 Å². The Kier molecular flexibility index (Phi) is 5.03. The SMILES string of the molecule is O=C(NC1CCCN(c2ccc3nnc(-c4ccccc4)n3n2)C1)c1ccc(F)cc1. The molecule has 31 heavy (non-hydrogen) atoms. The van der Waals surface area contributed by atoms with Gasteiger partial charge in [0.05, 0.1) is 0 Å². The molecule has 1 N–H and O–H groups in total. The van der Waals surface area contributed by atoms with E-state index in [1.807, 2.05) is 42.5 Å². The average Bonchev–Trinajstić information content (AvgIpc) is 3.23. The molecule has 156 valence electrons. The van der Waals surface area contributed by atoms with Crippen LogP contribution in [-0.2, 0) is 0 Å². The molecule has 1 aliphatic heterocycles. The van der Waals surface area contributed by atoms with Crippen molar-refractivity contribution >= 4 is 17.4 Å². The number of fused-ring (bicyclic) bond motifs is 1. The Hall–Kier alpha value is -3.81. The van der Waals surface area contributed by atoms with Gasteiger partial charge >= 0.3 is 0 Å². The highest BCUT2D eigenvalue weighted by atomic mass is 19.1. The summed E-state index contributed by atoms with van der Waals surface area (Å²) in [5, 5.41) is 16.4. The lowest BCUT2D eigenvalue weighted by molar-refractivity contribution is 0.0933. The van der Waals surface area contributed by atoms with Crippen LogP contribution in [0.25, 0.3) is 17.0 Å². The second-order valence-electron chi connectivity index (χ2n) is 7.62. The summed E-state index contributed by atoms with van der Waals surface area (Å²) in [5.41, 5.74) is 2.08. The first-order valence-corrected chi connectivity index (χ1v) is 10.3. The number of hydrogen-bond donors (Lipinski definition) is 1. The molecule has 0 saturated carbocycles. The highest BCUT2D eigenvalue weighted by Crippen LogP contribution is 2.22. The Morgan fingerprint density at radius 3 is 2.61 bits per heavy atom. The van der Waals surface area contributed by atoms with Crippen molar-refractivity contribution in [1.29, 1.82) is 0 Å². The van der Waals surface area contributed by atoms with E-state index >= 15 is 0 Å². The summed E-state index contributed by atoms with van der Waals surface area (Å²) < 4.78 is 14.9. The second-order valence-corrected chi connectivity index (χ2v) is 7.62. The van der Waals surface area contributed by atoms with Crippen LogP contribution in [0.2, 0.25) is 0 Å². The summed E-state index contributed by atoms with van der Waals surface area (Å²) in [5.74, 6) is 0.951. The van der Waals surface area contributed by atoms with Crippen LogP contribution in [0.3, 0.4) is 0 Å². The fourth-order valence-electron chi connectivity index (χ4n) is 3.89. The molecule has 2 aromatic carbocycles. The fraction of sp³-hybridized carbons (Fsp3) is 0.217. The number of carbonyl (C=O) groups excluding carboxylic acids is 1. The Bertz CT molecular complexity index is 1210. The molecule has 1 fully saturated rings. The summed E-state index contributed by atoms with van der Waals surface area (Å²) in [6.45, 7) is 1.50. The highest BCUT2D eigenvalue weighted by molar-refractivity contribution is 5.94. The van der Waals surface area contributed by atoms with Crippen molar-refractivity contribution in [3.05, 3.63) is 78.1 Å². The third kappa shape index (κ3) is 3.96. The van der Waals surface area contributed by atoms with Gasteiger partial charge in [0.1, 0.15) is 11.6 Å². The van der Waals surface area contributed by atoms with Crippen LogP contribution in [-0.4, -0.2) is 44.8 Å². The van der Waals surface area contributed by atoms with Crippen LogP contribution in [0.15, 0.2) is 66.7 Å². The number of rotatable bonds is 4. The van der Waals surface area contributed by atoms with Crippen molar-refractivity contribution in [2.45, 2.75) is 18.9 Å². The lowest BCUT2D eigenvalue weighted by Crippen LogP contribution is -2.48. The van der Waals surface area contributed by atoms with Gasteiger partial charge in [0, 0.05) is 30.3 Å². The molecule has 5 rings (SSSR count). The predicted octanol–water partition coefficient (Wildman–Crippen LogP) is 3.33. The number of aromatic nitrogens is 4. The molecule has 2 aromatic heterocycles. The summed E-state index contributed by atoms with van der Waals surface area (Å²) in [7, 11) is 0. The van der Waals surface area contributed by atoms with Crippen LogP contribution in [0.1, 0.15) is 23.2 Å². The second kappa shape index (κ2) is 8.14. The summed E-state index contributed by atoms with van der Waals surface area (Å²) in [4.78, 5) is 14.7. The van der Waals surface area contributed by atoms with Crippen molar-refractivity contribution in [3.63, 3.8) is 0 Å². The maximum Gasteiger partial charge on any atom is 0.251 e. The third-order valence-corrected chi connectivity index (χ3v) is 5.47. The largest absolute Gasteiger partial charge is 0.353 e. The van der Waals surface area contributed by atoms with Crippen LogP contribution in [0.4, 0.5) is 10.2 Å². The van der Waals surface area contributed by atoms with Crippen LogP contribution >= 0.6 is 0 Å². The minimum absolute atomic E-state index is 0.0155. The number of benzene rings is 2. The normalized spacial score (nSPS) is 16.4. The zero-order valence-electron chi connectivity index (χ0n) is 16.8. The van der Waals surface area contributed by atoms with E-state index in [9.17, 15) is 9.18 Å². The predicted molar refractivity (Wildman–Crippen MR) is 115 cm³/mol. The van der Waals surface area contributed by atoms with E-state index < -0.39 is 0 Å². The maximum absolute atomic E-state index is 13.1. The lowest BCUT2D eigenvalue weighted by atomic mass is 10.0. The molecule has 1 aliphatic rings. The van der Waals surface area contributed by atoms with Gasteiger partial charge in [-0.05, 0) is 49.2 Å². The smallest absolute Gasteiger partial charge is 0.251 e. The summed E-state index contributed by atoms with van der Waals surface area (Å²) >= 11 is 0. The third-order valence-electron chi connectivity index (χ3n) is 5.47. The zero-order chi connectivity index (χ0) is 21.2. The van der Waals surface area contributed by atoms with Crippen molar-refractivity contribution < 1.29 is 9.18 Å². The van der Waals surface area contributed by atoms with Gasteiger partial charge in [-0.3, -0.25) is 4.79 Å². The van der Waals surface area contributed by atoms with Crippen LogP contribution in [0, 0.1) is 5.82 Å². The fourth-order valence-corrected chi connectivity index (χ4v) is 3.89. The molecule has 1 saturated heterocycles. The van der Waals surface area contributed by atoms with Gasteiger partial charge in [-0.2, -0.15) is 4.52 Å². The lowest BCUT2D eigenvalue weighted by Gasteiger charge is -2.33. The van der Waals surface area contributed by atoms with Gasteiger partial charge in [-0.15, -0.1) is 15.3 Å². The van der Waals surface area contributed by atoms with Crippen molar-refractivity contribution in [3.8, 4) is 11.4 Å². The van der Waals surface area contributed by atoms with Crippen molar-refractivity contribution in [2.75, 3.05) is 18.0 Å². The number of anilines is 1. The monoisotopic (exact) mass is 416 g/mol. The van der Waals surface area contributed by atoms with Crippen molar-refractivity contribution in [2.24, 2.45) is 0 Å². The van der Waals surface area contributed by atoms with E-state index in [-0.39, 0.29) is 17.8 Å². The number of amides is 1. The van der Waals surface area contributed by atoms with E-state index in [4.69, 9.17) is 5.10 Å². The first kappa shape index (κ1) is 19.2. The minimum Gasteiger partial charge on any atom is -0.353 e. The molecule has 1 unspecified atom stereocenters. The van der Waals surface area contributed by atoms with Crippen molar-refractivity contribution in [1.82, 2.24) is 25.1 Å². The highest BCUT2D eigenvalue weighted by Gasteiger charge is 2.23. The molecule has 4 aromatic rings. The van der Waals surface area contributed by atoms with E-state index in [0.29, 0.717) is 23.6 Å². The van der Waals surface area contributed by atoms with Gasteiger partial charge in [0.2, 0.25) is 0 Å². The first-order chi connectivity index (χ1) is 15.2. The number of carbonyl (C=O) groups is 1. The number of piperidine rings is 1. The van der Waals surface area contributed by atoms with E-state index in [0.717, 1.165) is 30.8 Å². The molecule has 8 heteroatoms. The van der Waals surface area contributed by atoms with Crippen LogP contribution in [0.5, 0.6) is 0 Å². The standard InChI is InChI=1S/C23H21FN6O/c24-18-10-8-17(9-11-18)23(31)25-19-7-4-14-29(15-19)21-13-12-20-26-27-22(30(20)28-21)16-5-2-1-3-6-16/h1-3,5-6,8-13,19H,4,7,14-15H2,(H,25,31). The van der Waals surface area contributed by atoms with Gasteiger partial charge in [-0.1, -0.05) is 30.3 Å². The number of halogens is 1.